The molecule has 21 heavy (non-hydrogen) atoms. The van der Waals surface area contributed by atoms with E-state index < -0.39 is 29.6 Å². The zero-order chi connectivity index (χ0) is 16.2. The molecule has 0 aliphatic heterocycles. The van der Waals surface area contributed by atoms with Crippen LogP contribution in [-0.4, -0.2) is 34.7 Å². The predicted molar refractivity (Wildman–Crippen MR) is 80.1 cm³/mol. The Labute approximate surface area is 125 Å². The number of Topliss-reactive ketones (excluding diaryl/α,β-unsaturated/α-hetero) is 1. The summed E-state index contributed by atoms with van der Waals surface area (Å²) >= 11 is 0. The van der Waals surface area contributed by atoms with Crippen LogP contribution in [0.4, 0.5) is 4.79 Å². The number of ether oxygens (including phenoxy) is 1. The van der Waals surface area contributed by atoms with Crippen LogP contribution in [0.3, 0.4) is 0 Å². The summed E-state index contributed by atoms with van der Waals surface area (Å²) in [6.45, 7) is 10.4. The Bertz CT molecular complexity index is 517. The number of hydrogen-bond donors (Lipinski definition) is 2. The number of aliphatic hydroxyl groups excluding tert-OH is 1. The highest BCUT2D eigenvalue weighted by atomic mass is 16.6. The lowest BCUT2D eigenvalue weighted by molar-refractivity contribution is 0.0418. The lowest BCUT2D eigenvalue weighted by Gasteiger charge is -2.24. The van der Waals surface area contributed by atoms with Gasteiger partial charge in [0, 0.05) is 5.56 Å². The van der Waals surface area contributed by atoms with E-state index >= 15 is 0 Å². The van der Waals surface area contributed by atoms with Crippen molar-refractivity contribution in [2.75, 3.05) is 0 Å². The molecule has 115 valence electrons. The summed E-state index contributed by atoms with van der Waals surface area (Å²) in [5.74, 6) is -0.401. The number of alkyl carbamates (subject to hydrolysis) is 1. The fourth-order valence-electron chi connectivity index (χ4n) is 1.77. The van der Waals surface area contributed by atoms with Crippen LogP contribution in [0.25, 0.3) is 0 Å². The van der Waals surface area contributed by atoms with E-state index in [2.05, 4.69) is 12.2 Å². The number of carbonyl (C=O) groups is 2. The Morgan fingerprint density at radius 1 is 1.29 bits per heavy atom. The van der Waals surface area contributed by atoms with Crippen molar-refractivity contribution >= 4 is 11.9 Å². The fraction of sp³-hybridized carbons (Fsp3) is 0.438. The average Bonchev–Trinajstić information content (AvgIpc) is 2.33. The molecular weight excluding hydrogens is 270 g/mol. The van der Waals surface area contributed by atoms with E-state index in [1.54, 1.807) is 45.0 Å². The van der Waals surface area contributed by atoms with E-state index in [1.807, 2.05) is 0 Å². The van der Waals surface area contributed by atoms with Crippen molar-refractivity contribution in [3.63, 3.8) is 0 Å². The molecule has 0 aliphatic rings. The number of carbonyl (C=O) groups excluding carboxylic acids is 2. The second kappa shape index (κ2) is 6.72. The van der Waals surface area contributed by atoms with Crippen molar-refractivity contribution in [2.24, 2.45) is 0 Å². The first-order valence-electron chi connectivity index (χ1n) is 6.74. The van der Waals surface area contributed by atoms with Crippen molar-refractivity contribution in [3.05, 3.63) is 42.3 Å². The first-order valence-corrected chi connectivity index (χ1v) is 6.74. The number of aliphatic hydroxyl groups is 1. The molecule has 5 nitrogen and oxygen atoms in total. The van der Waals surface area contributed by atoms with Gasteiger partial charge in [-0.05, 0) is 40.2 Å². The van der Waals surface area contributed by atoms with E-state index in [1.165, 1.54) is 6.92 Å². The molecule has 0 aliphatic carbocycles. The monoisotopic (exact) mass is 292 g/mol. The molecule has 1 amide bonds. The Kier molecular flexibility index (Phi) is 5.49. The molecule has 0 fully saturated rings. The summed E-state index contributed by atoms with van der Waals surface area (Å²) in [5, 5.41) is 12.2. The summed E-state index contributed by atoms with van der Waals surface area (Å²) in [5.41, 5.74) is 0.222. The van der Waals surface area contributed by atoms with Crippen LogP contribution in [-0.2, 0) is 4.74 Å². The Morgan fingerprint density at radius 2 is 1.86 bits per heavy atom. The second-order valence-electron chi connectivity index (χ2n) is 5.89. The average molecular weight is 292 g/mol. The molecule has 0 bridgehead atoms. The zero-order valence-corrected chi connectivity index (χ0v) is 12.8. The Morgan fingerprint density at radius 3 is 2.33 bits per heavy atom. The van der Waals surface area contributed by atoms with Gasteiger partial charge in [-0.3, -0.25) is 4.79 Å². The normalized spacial score (nSPS) is 14.2. The van der Waals surface area contributed by atoms with Gasteiger partial charge in [-0.15, -0.1) is 0 Å². The summed E-state index contributed by atoms with van der Waals surface area (Å²) in [7, 11) is 0. The highest BCUT2D eigenvalue weighted by molar-refractivity contribution is 6.03. The van der Waals surface area contributed by atoms with E-state index in [4.69, 9.17) is 4.74 Å². The molecule has 0 saturated heterocycles. The van der Waals surface area contributed by atoms with Crippen LogP contribution in [0.1, 0.15) is 43.6 Å². The maximum Gasteiger partial charge on any atom is 0.408 e. The molecule has 0 aromatic heterocycles. The van der Waals surface area contributed by atoms with Gasteiger partial charge in [0.25, 0.3) is 0 Å². The smallest absolute Gasteiger partial charge is 0.408 e. The summed E-state index contributed by atoms with van der Waals surface area (Å²) < 4.78 is 5.11. The van der Waals surface area contributed by atoms with E-state index in [9.17, 15) is 14.7 Å². The molecule has 1 rings (SSSR count). The molecule has 0 heterocycles. The molecule has 0 saturated carbocycles. The summed E-state index contributed by atoms with van der Waals surface area (Å²) in [6.07, 6.45) is -1.80. The van der Waals surface area contributed by atoms with Gasteiger partial charge in [0.15, 0.2) is 5.78 Å². The third kappa shape index (κ3) is 5.19. The highest BCUT2D eigenvalue weighted by Gasteiger charge is 2.29. The van der Waals surface area contributed by atoms with Crippen LogP contribution in [0.5, 0.6) is 0 Å². The minimum absolute atomic E-state index is 0.361. The van der Waals surface area contributed by atoms with Crippen LogP contribution in [0, 0.1) is 6.92 Å². The lowest BCUT2D eigenvalue weighted by Crippen LogP contribution is -2.49. The largest absolute Gasteiger partial charge is 0.444 e. The van der Waals surface area contributed by atoms with Gasteiger partial charge in [-0.25, -0.2) is 4.79 Å². The number of rotatable bonds is 4. The van der Waals surface area contributed by atoms with E-state index in [0.717, 1.165) is 0 Å². The molecule has 1 aromatic carbocycles. The highest BCUT2D eigenvalue weighted by Crippen LogP contribution is 2.13. The van der Waals surface area contributed by atoms with Gasteiger partial charge in [0.2, 0.25) is 0 Å². The van der Waals surface area contributed by atoms with Gasteiger partial charge in [-0.2, -0.15) is 0 Å². The van der Waals surface area contributed by atoms with E-state index in [0.29, 0.717) is 11.1 Å². The van der Waals surface area contributed by atoms with Crippen molar-refractivity contribution in [1.82, 2.24) is 5.32 Å². The SMILES string of the molecule is [CH2]c1ccccc1C(=O)C(NC(=O)OC(C)(C)C)C(C)O. The van der Waals surface area contributed by atoms with Gasteiger partial charge in [0.05, 0.1) is 6.10 Å². The quantitative estimate of drug-likeness (QED) is 0.835. The molecule has 2 unspecified atom stereocenters. The fourth-order valence-corrected chi connectivity index (χ4v) is 1.77. The molecule has 5 heteroatoms. The predicted octanol–water partition coefficient (Wildman–Crippen LogP) is 2.33. The standard InChI is InChI=1S/C16H22NO4/c1-10-8-6-7-9-12(10)14(19)13(11(2)18)17-15(20)21-16(3,4)5/h6-9,11,13,18H,1H2,2-5H3,(H,17,20). The van der Waals surface area contributed by atoms with Crippen LogP contribution < -0.4 is 5.32 Å². The number of benzene rings is 1. The van der Waals surface area contributed by atoms with E-state index in [-0.39, 0.29) is 0 Å². The molecular formula is C16H22NO4. The zero-order valence-electron chi connectivity index (χ0n) is 12.8. The van der Waals surface area contributed by atoms with Crippen molar-refractivity contribution in [2.45, 2.75) is 45.4 Å². The minimum Gasteiger partial charge on any atom is -0.444 e. The summed E-state index contributed by atoms with van der Waals surface area (Å²) in [6, 6.07) is 5.69. The Balaban J connectivity index is 2.90. The minimum atomic E-state index is -1.08. The second-order valence-corrected chi connectivity index (χ2v) is 5.89. The third-order valence-electron chi connectivity index (χ3n) is 2.72. The first-order chi connectivity index (χ1) is 9.61. The first kappa shape index (κ1) is 17.2. The van der Waals surface area contributed by atoms with Gasteiger partial charge >= 0.3 is 6.09 Å². The molecule has 1 radical (unpaired) electrons. The Hall–Kier alpha value is -1.88. The lowest BCUT2D eigenvalue weighted by atomic mass is 9.97. The summed E-state index contributed by atoms with van der Waals surface area (Å²) in [4.78, 5) is 24.2. The van der Waals surface area contributed by atoms with Gasteiger partial charge in [-0.1, -0.05) is 24.3 Å². The molecule has 2 atom stereocenters. The number of hydrogen-bond acceptors (Lipinski definition) is 4. The molecule has 0 spiro atoms. The van der Waals surface area contributed by atoms with Crippen molar-refractivity contribution in [3.8, 4) is 0 Å². The maximum absolute atomic E-state index is 12.4. The number of amides is 1. The maximum atomic E-state index is 12.4. The van der Waals surface area contributed by atoms with Crippen LogP contribution in [0.2, 0.25) is 0 Å². The molecule has 2 N–H and O–H groups in total. The number of ketones is 1. The van der Waals surface area contributed by atoms with Gasteiger partial charge < -0.3 is 15.2 Å². The third-order valence-corrected chi connectivity index (χ3v) is 2.72. The topological polar surface area (TPSA) is 75.6 Å². The van der Waals surface area contributed by atoms with Gasteiger partial charge in [0.1, 0.15) is 11.6 Å². The van der Waals surface area contributed by atoms with Crippen molar-refractivity contribution in [1.29, 1.82) is 0 Å². The molecule has 1 aromatic rings. The van der Waals surface area contributed by atoms with Crippen LogP contribution in [0.15, 0.2) is 24.3 Å². The van der Waals surface area contributed by atoms with Crippen LogP contribution >= 0.6 is 0 Å². The van der Waals surface area contributed by atoms with Crippen molar-refractivity contribution < 1.29 is 19.4 Å². The number of nitrogens with one attached hydrogen (secondary N) is 1.